The number of nitrogens with zero attached hydrogens (tertiary/aromatic N) is 1. The second-order valence-corrected chi connectivity index (χ2v) is 4.76. The van der Waals surface area contributed by atoms with Crippen LogP contribution in [0.25, 0.3) is 0 Å². The topological polar surface area (TPSA) is 52.6 Å². The highest BCUT2D eigenvalue weighted by Gasteiger charge is 2.40. The summed E-state index contributed by atoms with van der Waals surface area (Å²) in [6.07, 6.45) is 2.49. The first kappa shape index (κ1) is 9.77. The predicted octanol–water partition coefficient (Wildman–Crippen LogP) is 1.13. The number of rotatable bonds is 0. The molecule has 2 N–H and O–H groups in total. The number of hydrogen-bond donors (Lipinski definition) is 2. The van der Waals surface area contributed by atoms with Gasteiger partial charge in [-0.25, -0.2) is 4.79 Å². The van der Waals surface area contributed by atoms with Crippen molar-refractivity contribution in [2.75, 3.05) is 19.6 Å². The molecule has 2 rings (SSSR count). The molecule has 2 aliphatic rings. The van der Waals surface area contributed by atoms with E-state index in [0.717, 1.165) is 19.4 Å². The average Bonchev–Trinajstić information content (AvgIpc) is 2.48. The lowest BCUT2D eigenvalue weighted by Crippen LogP contribution is -2.43. The lowest BCUT2D eigenvalue weighted by Gasteiger charge is -2.37. The number of likely N-dealkylation sites (tertiary alicyclic amines) is 1. The van der Waals surface area contributed by atoms with Gasteiger partial charge in [0.15, 0.2) is 0 Å². The fourth-order valence-corrected chi connectivity index (χ4v) is 2.74. The number of hydrogen-bond acceptors (Lipinski definition) is 2. The van der Waals surface area contributed by atoms with Crippen molar-refractivity contribution in [3.8, 4) is 0 Å². The smallest absolute Gasteiger partial charge is 0.407 e. The van der Waals surface area contributed by atoms with E-state index < -0.39 is 6.09 Å². The Morgan fingerprint density at radius 1 is 1.50 bits per heavy atom. The van der Waals surface area contributed by atoms with Gasteiger partial charge >= 0.3 is 6.09 Å². The predicted molar refractivity (Wildman–Crippen MR) is 53.3 cm³/mol. The van der Waals surface area contributed by atoms with Gasteiger partial charge in [0.05, 0.1) is 0 Å². The Morgan fingerprint density at radius 2 is 2.14 bits per heavy atom. The molecule has 80 valence electrons. The quantitative estimate of drug-likeness (QED) is 0.613. The fourth-order valence-electron chi connectivity index (χ4n) is 2.74. The van der Waals surface area contributed by atoms with Gasteiger partial charge in [-0.05, 0) is 31.6 Å². The number of amides is 1. The van der Waals surface area contributed by atoms with E-state index in [2.05, 4.69) is 12.2 Å². The van der Waals surface area contributed by atoms with Crippen molar-refractivity contribution in [3.05, 3.63) is 0 Å². The molecule has 2 saturated heterocycles. The summed E-state index contributed by atoms with van der Waals surface area (Å²) in [7, 11) is 0. The molecule has 1 spiro atoms. The molecule has 0 radical (unpaired) electrons. The molecule has 2 heterocycles. The first-order valence-electron chi connectivity index (χ1n) is 5.33. The second kappa shape index (κ2) is 3.42. The van der Waals surface area contributed by atoms with Crippen LogP contribution in [0.5, 0.6) is 0 Å². The number of nitrogens with one attached hydrogen (secondary N) is 1. The fraction of sp³-hybridized carbons (Fsp3) is 0.900. The summed E-state index contributed by atoms with van der Waals surface area (Å²) in [6.45, 7) is 4.70. The molecule has 2 aliphatic heterocycles. The van der Waals surface area contributed by atoms with Gasteiger partial charge in [0.2, 0.25) is 0 Å². The summed E-state index contributed by atoms with van der Waals surface area (Å²) < 4.78 is 0. The van der Waals surface area contributed by atoms with Gasteiger partial charge in [0.25, 0.3) is 0 Å². The average molecular weight is 198 g/mol. The van der Waals surface area contributed by atoms with E-state index in [1.54, 1.807) is 0 Å². The molecular formula is C10H18N2O2. The first-order valence-corrected chi connectivity index (χ1v) is 5.33. The van der Waals surface area contributed by atoms with Gasteiger partial charge in [-0.2, -0.15) is 0 Å². The first-order chi connectivity index (χ1) is 6.61. The molecule has 0 saturated carbocycles. The molecule has 0 aromatic heterocycles. The molecule has 1 atom stereocenters. The molecular weight excluding hydrogens is 180 g/mol. The highest BCUT2D eigenvalue weighted by molar-refractivity contribution is 5.65. The lowest BCUT2D eigenvalue weighted by molar-refractivity contribution is 0.0970. The van der Waals surface area contributed by atoms with E-state index in [1.165, 1.54) is 11.3 Å². The van der Waals surface area contributed by atoms with Crippen LogP contribution in [0.2, 0.25) is 0 Å². The maximum absolute atomic E-state index is 10.7. The Morgan fingerprint density at radius 3 is 2.57 bits per heavy atom. The highest BCUT2D eigenvalue weighted by atomic mass is 16.4. The van der Waals surface area contributed by atoms with Crippen LogP contribution in [0.4, 0.5) is 4.79 Å². The number of piperidine rings is 1. The summed E-state index contributed by atoms with van der Waals surface area (Å²) in [5.74, 6) is 0. The SMILES string of the molecule is CC1CC2(CCN(C(=O)O)CC2)CN1. The molecule has 0 aromatic carbocycles. The van der Waals surface area contributed by atoms with Crippen molar-refractivity contribution < 1.29 is 9.90 Å². The van der Waals surface area contributed by atoms with E-state index in [-0.39, 0.29) is 0 Å². The zero-order valence-electron chi connectivity index (χ0n) is 8.62. The Bertz CT molecular complexity index is 234. The van der Waals surface area contributed by atoms with Crippen molar-refractivity contribution in [1.29, 1.82) is 0 Å². The van der Waals surface area contributed by atoms with Crippen LogP contribution in [0.1, 0.15) is 26.2 Å². The van der Waals surface area contributed by atoms with Crippen LogP contribution >= 0.6 is 0 Å². The summed E-state index contributed by atoms with van der Waals surface area (Å²) in [5, 5.41) is 12.3. The van der Waals surface area contributed by atoms with Crippen LogP contribution in [0, 0.1) is 5.41 Å². The normalized spacial score (nSPS) is 30.9. The van der Waals surface area contributed by atoms with Gasteiger partial charge in [-0.3, -0.25) is 0 Å². The van der Waals surface area contributed by atoms with E-state index in [0.29, 0.717) is 24.5 Å². The Balaban J connectivity index is 1.92. The number of carboxylic acid groups (broad SMARTS) is 1. The molecule has 14 heavy (non-hydrogen) atoms. The standard InChI is InChI=1S/C10H18N2O2/c1-8-6-10(7-11-8)2-4-12(5-3-10)9(13)14/h8,11H,2-7H2,1H3,(H,13,14). The molecule has 0 aromatic rings. The third kappa shape index (κ3) is 1.71. The van der Waals surface area contributed by atoms with Crippen molar-refractivity contribution in [3.63, 3.8) is 0 Å². The zero-order valence-corrected chi connectivity index (χ0v) is 8.62. The minimum atomic E-state index is -0.765. The summed E-state index contributed by atoms with van der Waals surface area (Å²) in [4.78, 5) is 12.3. The third-order valence-electron chi connectivity index (χ3n) is 3.66. The largest absolute Gasteiger partial charge is 0.465 e. The third-order valence-corrected chi connectivity index (χ3v) is 3.66. The van der Waals surface area contributed by atoms with Crippen molar-refractivity contribution in [2.45, 2.75) is 32.2 Å². The molecule has 4 heteroatoms. The molecule has 0 bridgehead atoms. The van der Waals surface area contributed by atoms with Crippen molar-refractivity contribution in [2.24, 2.45) is 5.41 Å². The molecule has 2 fully saturated rings. The van der Waals surface area contributed by atoms with Gasteiger partial charge in [0, 0.05) is 25.7 Å². The monoisotopic (exact) mass is 198 g/mol. The lowest BCUT2D eigenvalue weighted by atomic mass is 9.77. The number of carbonyl (C=O) groups is 1. The van der Waals surface area contributed by atoms with E-state index in [4.69, 9.17) is 5.11 Å². The maximum Gasteiger partial charge on any atom is 0.407 e. The van der Waals surface area contributed by atoms with Crippen molar-refractivity contribution >= 4 is 6.09 Å². The minimum Gasteiger partial charge on any atom is -0.465 e. The molecule has 4 nitrogen and oxygen atoms in total. The van der Waals surface area contributed by atoms with Crippen LogP contribution in [0.3, 0.4) is 0 Å². The summed E-state index contributed by atoms with van der Waals surface area (Å²) >= 11 is 0. The van der Waals surface area contributed by atoms with E-state index in [1.807, 2.05) is 0 Å². The molecule has 1 unspecified atom stereocenters. The van der Waals surface area contributed by atoms with E-state index in [9.17, 15) is 4.79 Å². The van der Waals surface area contributed by atoms with Gasteiger partial charge in [-0.15, -0.1) is 0 Å². The summed E-state index contributed by atoms with van der Waals surface area (Å²) in [6, 6.07) is 0.603. The highest BCUT2D eigenvalue weighted by Crippen LogP contribution is 2.38. The maximum atomic E-state index is 10.7. The minimum absolute atomic E-state index is 0.394. The zero-order chi connectivity index (χ0) is 10.2. The molecule has 1 amide bonds. The Hall–Kier alpha value is -0.770. The van der Waals surface area contributed by atoms with Crippen LogP contribution in [-0.2, 0) is 0 Å². The van der Waals surface area contributed by atoms with Gasteiger partial charge in [0.1, 0.15) is 0 Å². The Labute approximate surface area is 84.3 Å². The van der Waals surface area contributed by atoms with Gasteiger partial charge < -0.3 is 15.3 Å². The summed E-state index contributed by atoms with van der Waals surface area (Å²) in [5.41, 5.74) is 0.394. The van der Waals surface area contributed by atoms with Gasteiger partial charge in [-0.1, -0.05) is 0 Å². The molecule has 0 aliphatic carbocycles. The van der Waals surface area contributed by atoms with Crippen LogP contribution in [-0.4, -0.2) is 41.8 Å². The van der Waals surface area contributed by atoms with Crippen LogP contribution in [0.15, 0.2) is 0 Å². The second-order valence-electron chi connectivity index (χ2n) is 4.76. The van der Waals surface area contributed by atoms with Crippen LogP contribution < -0.4 is 5.32 Å². The Kier molecular flexibility index (Phi) is 2.39. The van der Waals surface area contributed by atoms with E-state index >= 15 is 0 Å². The van der Waals surface area contributed by atoms with Crippen molar-refractivity contribution in [1.82, 2.24) is 10.2 Å².